The van der Waals surface area contributed by atoms with Crippen LogP contribution in [0.1, 0.15) is 37.4 Å². The van der Waals surface area contributed by atoms with Gasteiger partial charge in [0.1, 0.15) is 18.2 Å². The summed E-state index contributed by atoms with van der Waals surface area (Å²) >= 11 is 0. The van der Waals surface area contributed by atoms with Crippen LogP contribution in [-0.4, -0.2) is 6.54 Å². The van der Waals surface area contributed by atoms with Gasteiger partial charge in [0.25, 0.3) is 0 Å². The molecule has 0 spiro atoms. The van der Waals surface area contributed by atoms with E-state index in [-0.39, 0.29) is 5.82 Å². The third kappa shape index (κ3) is 4.30. The summed E-state index contributed by atoms with van der Waals surface area (Å²) in [6.07, 6.45) is 1.00. The smallest absolute Gasteiger partial charge is 0.124 e. The van der Waals surface area contributed by atoms with Crippen molar-refractivity contribution in [2.24, 2.45) is 0 Å². The van der Waals surface area contributed by atoms with E-state index in [1.807, 2.05) is 18.2 Å². The number of hydrogen-bond donors (Lipinski definition) is 1. The Morgan fingerprint density at radius 2 is 1.76 bits per heavy atom. The number of rotatable bonds is 7. The summed E-state index contributed by atoms with van der Waals surface area (Å²) < 4.78 is 18.8. The predicted octanol–water partition coefficient (Wildman–Crippen LogP) is 4.47. The molecule has 1 N–H and O–H groups in total. The van der Waals surface area contributed by atoms with Crippen LogP contribution in [0.15, 0.2) is 48.5 Å². The van der Waals surface area contributed by atoms with Crippen molar-refractivity contribution >= 4 is 0 Å². The molecule has 2 aromatic carbocycles. The molecule has 3 heteroatoms. The number of ether oxygens (including phenoxy) is 1. The SMILES string of the molecule is CCNC(CC)c1ccccc1OCc1ccc(F)cc1. The highest BCUT2D eigenvalue weighted by molar-refractivity contribution is 5.36. The lowest BCUT2D eigenvalue weighted by Crippen LogP contribution is -2.20. The Bertz CT molecular complexity index is 553. The van der Waals surface area contributed by atoms with Crippen molar-refractivity contribution in [2.75, 3.05) is 6.54 Å². The quantitative estimate of drug-likeness (QED) is 0.811. The second-order valence-corrected chi connectivity index (χ2v) is 4.97. The van der Waals surface area contributed by atoms with Gasteiger partial charge in [0.05, 0.1) is 0 Å². The first-order valence-corrected chi connectivity index (χ1v) is 7.44. The first kappa shape index (κ1) is 15.5. The predicted molar refractivity (Wildman–Crippen MR) is 83.9 cm³/mol. The van der Waals surface area contributed by atoms with Gasteiger partial charge < -0.3 is 10.1 Å². The maximum absolute atomic E-state index is 12.9. The van der Waals surface area contributed by atoms with Gasteiger partial charge in [-0.1, -0.05) is 44.2 Å². The summed E-state index contributed by atoms with van der Waals surface area (Å²) in [5.41, 5.74) is 2.13. The average molecular weight is 287 g/mol. The van der Waals surface area contributed by atoms with Crippen LogP contribution in [0.2, 0.25) is 0 Å². The van der Waals surface area contributed by atoms with E-state index in [0.29, 0.717) is 12.6 Å². The van der Waals surface area contributed by atoms with Gasteiger partial charge in [-0.2, -0.15) is 0 Å². The molecule has 0 heterocycles. The molecular weight excluding hydrogens is 265 g/mol. The number of nitrogens with one attached hydrogen (secondary N) is 1. The fourth-order valence-corrected chi connectivity index (χ4v) is 2.36. The van der Waals surface area contributed by atoms with Crippen LogP contribution in [-0.2, 0) is 6.61 Å². The standard InChI is InChI=1S/C18H22FNO/c1-3-17(20-4-2)16-7-5-6-8-18(16)21-13-14-9-11-15(19)12-10-14/h5-12,17,20H,3-4,13H2,1-2H3. The van der Waals surface area contributed by atoms with E-state index in [1.54, 1.807) is 12.1 Å². The molecule has 2 nitrogen and oxygen atoms in total. The van der Waals surface area contributed by atoms with Crippen LogP contribution >= 0.6 is 0 Å². The Hall–Kier alpha value is -1.87. The summed E-state index contributed by atoms with van der Waals surface area (Å²) in [7, 11) is 0. The molecule has 0 aliphatic carbocycles. The van der Waals surface area contributed by atoms with Gasteiger partial charge in [0, 0.05) is 11.6 Å². The lowest BCUT2D eigenvalue weighted by atomic mass is 10.0. The number of hydrogen-bond acceptors (Lipinski definition) is 2. The van der Waals surface area contributed by atoms with Gasteiger partial charge in [0.15, 0.2) is 0 Å². The molecule has 0 saturated heterocycles. The molecule has 0 saturated carbocycles. The lowest BCUT2D eigenvalue weighted by Gasteiger charge is -2.20. The third-order valence-corrected chi connectivity index (χ3v) is 3.46. The number of benzene rings is 2. The summed E-state index contributed by atoms with van der Waals surface area (Å²) in [5.74, 6) is 0.659. The molecule has 1 unspecified atom stereocenters. The minimum absolute atomic E-state index is 0.225. The molecule has 2 aromatic rings. The van der Waals surface area contributed by atoms with Gasteiger partial charge in [-0.25, -0.2) is 4.39 Å². The first-order chi connectivity index (χ1) is 10.2. The molecule has 0 fully saturated rings. The maximum atomic E-state index is 12.9. The molecule has 0 radical (unpaired) electrons. The van der Waals surface area contributed by atoms with Gasteiger partial charge >= 0.3 is 0 Å². The molecule has 0 aliphatic rings. The monoisotopic (exact) mass is 287 g/mol. The Balaban J connectivity index is 2.10. The highest BCUT2D eigenvalue weighted by Crippen LogP contribution is 2.27. The molecule has 1 atom stereocenters. The van der Waals surface area contributed by atoms with Crippen molar-refractivity contribution < 1.29 is 9.13 Å². The molecule has 2 rings (SSSR count). The highest BCUT2D eigenvalue weighted by Gasteiger charge is 2.13. The van der Waals surface area contributed by atoms with Gasteiger partial charge in [-0.05, 0) is 36.7 Å². The highest BCUT2D eigenvalue weighted by atomic mass is 19.1. The van der Waals surface area contributed by atoms with E-state index in [4.69, 9.17) is 4.74 Å². The zero-order valence-corrected chi connectivity index (χ0v) is 12.6. The van der Waals surface area contributed by atoms with Crippen LogP contribution in [0.4, 0.5) is 4.39 Å². The fourth-order valence-electron chi connectivity index (χ4n) is 2.36. The Kier molecular flexibility index (Phi) is 5.76. The van der Waals surface area contributed by atoms with E-state index >= 15 is 0 Å². The largest absolute Gasteiger partial charge is 0.489 e. The van der Waals surface area contributed by atoms with Gasteiger partial charge in [-0.3, -0.25) is 0 Å². The fraction of sp³-hybridized carbons (Fsp3) is 0.333. The summed E-state index contributed by atoms with van der Waals surface area (Å²) in [4.78, 5) is 0. The van der Waals surface area contributed by atoms with Crippen LogP contribution < -0.4 is 10.1 Å². The Morgan fingerprint density at radius 3 is 2.43 bits per heavy atom. The number of halogens is 1. The average Bonchev–Trinajstić information content (AvgIpc) is 2.52. The second kappa shape index (κ2) is 7.79. The van der Waals surface area contributed by atoms with Gasteiger partial charge in [-0.15, -0.1) is 0 Å². The minimum Gasteiger partial charge on any atom is -0.489 e. The zero-order chi connectivity index (χ0) is 15.1. The maximum Gasteiger partial charge on any atom is 0.124 e. The summed E-state index contributed by atoms with van der Waals surface area (Å²) in [5, 5.41) is 3.47. The van der Waals surface area contributed by atoms with Crippen molar-refractivity contribution in [2.45, 2.75) is 32.9 Å². The van der Waals surface area contributed by atoms with Crippen molar-refractivity contribution in [1.29, 1.82) is 0 Å². The Morgan fingerprint density at radius 1 is 1.05 bits per heavy atom. The normalized spacial score (nSPS) is 12.1. The number of para-hydroxylation sites is 1. The van der Waals surface area contributed by atoms with E-state index in [9.17, 15) is 4.39 Å². The molecule has 0 aromatic heterocycles. The Labute approximate surface area is 126 Å². The molecule has 0 amide bonds. The topological polar surface area (TPSA) is 21.3 Å². The third-order valence-electron chi connectivity index (χ3n) is 3.46. The van der Waals surface area contributed by atoms with Crippen LogP contribution in [0, 0.1) is 5.82 Å². The van der Waals surface area contributed by atoms with Gasteiger partial charge in [0.2, 0.25) is 0 Å². The van der Waals surface area contributed by atoms with E-state index in [2.05, 4.69) is 25.2 Å². The molecule has 21 heavy (non-hydrogen) atoms. The van der Waals surface area contributed by atoms with Crippen LogP contribution in [0.5, 0.6) is 5.75 Å². The lowest BCUT2D eigenvalue weighted by molar-refractivity contribution is 0.298. The first-order valence-electron chi connectivity index (χ1n) is 7.44. The van der Waals surface area contributed by atoms with Crippen molar-refractivity contribution in [3.63, 3.8) is 0 Å². The molecule has 0 aliphatic heterocycles. The minimum atomic E-state index is -0.225. The molecular formula is C18H22FNO. The van der Waals surface area contributed by atoms with Crippen molar-refractivity contribution in [3.05, 3.63) is 65.5 Å². The summed E-state index contributed by atoms with van der Waals surface area (Å²) in [6, 6.07) is 14.8. The van der Waals surface area contributed by atoms with Crippen LogP contribution in [0.3, 0.4) is 0 Å². The van der Waals surface area contributed by atoms with Crippen molar-refractivity contribution in [3.8, 4) is 5.75 Å². The van der Waals surface area contributed by atoms with Crippen molar-refractivity contribution in [1.82, 2.24) is 5.32 Å². The second-order valence-electron chi connectivity index (χ2n) is 4.97. The molecule has 112 valence electrons. The summed E-state index contributed by atoms with van der Waals surface area (Å²) in [6.45, 7) is 5.62. The van der Waals surface area contributed by atoms with E-state index in [1.165, 1.54) is 17.7 Å². The van der Waals surface area contributed by atoms with E-state index < -0.39 is 0 Å². The molecule has 0 bridgehead atoms. The van der Waals surface area contributed by atoms with E-state index in [0.717, 1.165) is 24.3 Å². The zero-order valence-electron chi connectivity index (χ0n) is 12.6. The van der Waals surface area contributed by atoms with Crippen LogP contribution in [0.25, 0.3) is 0 Å².